The smallest absolute Gasteiger partial charge is 0.404 e. The summed E-state index contributed by atoms with van der Waals surface area (Å²) >= 11 is 0. The molecule has 9 heteroatoms. The van der Waals surface area contributed by atoms with Gasteiger partial charge in [-0.05, 0) is 79.2 Å². The minimum Gasteiger partial charge on any atom is -0.404 e. The van der Waals surface area contributed by atoms with Gasteiger partial charge in [0.1, 0.15) is 0 Å². The summed E-state index contributed by atoms with van der Waals surface area (Å²) in [7, 11) is -4.46. The highest BCUT2D eigenvalue weighted by Crippen LogP contribution is 2.65. The normalized spacial score (nSPS) is 29.9. The van der Waals surface area contributed by atoms with Gasteiger partial charge >= 0.3 is 7.12 Å². The number of hydrogen-bond donors (Lipinski definition) is 2. The first kappa shape index (κ1) is 28.6. The van der Waals surface area contributed by atoms with E-state index in [9.17, 15) is 18.3 Å². The van der Waals surface area contributed by atoms with E-state index >= 15 is 0 Å². The predicted octanol–water partition coefficient (Wildman–Crippen LogP) is 4.41. The topological polar surface area (TPSA) is 102 Å². The summed E-state index contributed by atoms with van der Waals surface area (Å²) in [6, 6.07) is 12.5. The van der Waals surface area contributed by atoms with Crippen LogP contribution in [0.2, 0.25) is 0 Å². The van der Waals surface area contributed by atoms with E-state index in [0.717, 1.165) is 23.6 Å². The van der Waals surface area contributed by atoms with Crippen molar-refractivity contribution in [3.63, 3.8) is 0 Å². The molecule has 1 saturated heterocycles. The Balaban J connectivity index is 1.33. The Morgan fingerprint density at radius 3 is 2.44 bits per heavy atom. The molecule has 7 atom stereocenters. The molecule has 1 amide bonds. The Morgan fingerprint density at radius 2 is 1.79 bits per heavy atom. The largest absolute Gasteiger partial charge is 0.481 e. The molecule has 4 aliphatic rings. The van der Waals surface area contributed by atoms with E-state index in [1.54, 1.807) is 18.2 Å². The molecule has 4 fully saturated rings. The number of benzene rings is 2. The molecule has 7 nitrogen and oxygen atoms in total. The highest BCUT2D eigenvalue weighted by Gasteiger charge is 2.68. The third-order valence-electron chi connectivity index (χ3n) is 9.75. The summed E-state index contributed by atoms with van der Waals surface area (Å²) < 4.78 is 39.9. The number of sulfone groups is 1. The van der Waals surface area contributed by atoms with Crippen LogP contribution in [0, 0.1) is 29.1 Å². The zero-order valence-corrected chi connectivity index (χ0v) is 24.7. The fraction of sp³-hybridized carbons (Fsp3) is 0.633. The van der Waals surface area contributed by atoms with Crippen molar-refractivity contribution < 1.29 is 27.6 Å². The Labute approximate surface area is 233 Å². The molecule has 212 valence electrons. The van der Waals surface area contributed by atoms with Crippen LogP contribution >= 0.6 is 0 Å². The molecule has 3 saturated carbocycles. The SMILES string of the molecule is CC(C)C[C@H](NC(=O)[C@@H](CS(=O)(=O)c1ccc2ccccc2c1)[C@@H](C)O)B1O[C@@H]2C[C@@H]3C[C@@H](C3(C)C)[C@]2(C)O1. The van der Waals surface area contributed by atoms with Gasteiger partial charge in [0, 0.05) is 0 Å². The highest BCUT2D eigenvalue weighted by atomic mass is 32.2. The predicted molar refractivity (Wildman–Crippen MR) is 153 cm³/mol. The molecule has 2 aromatic rings. The van der Waals surface area contributed by atoms with Crippen LogP contribution in [0.5, 0.6) is 0 Å². The molecule has 1 aliphatic heterocycles. The number of fused-ring (bicyclic) bond motifs is 1. The van der Waals surface area contributed by atoms with Crippen molar-refractivity contribution in [1.82, 2.24) is 5.32 Å². The van der Waals surface area contributed by atoms with E-state index in [1.165, 1.54) is 6.92 Å². The summed E-state index contributed by atoms with van der Waals surface area (Å²) in [5.41, 5.74) is -0.208. The van der Waals surface area contributed by atoms with Gasteiger partial charge in [0.2, 0.25) is 5.91 Å². The zero-order chi connectivity index (χ0) is 28.3. The number of nitrogens with one attached hydrogen (secondary N) is 1. The van der Waals surface area contributed by atoms with Gasteiger partial charge in [0.05, 0.1) is 40.3 Å². The number of carbonyl (C=O) groups excluding carboxylic acids is 1. The van der Waals surface area contributed by atoms with Crippen LogP contribution in [-0.4, -0.2) is 56.1 Å². The van der Waals surface area contributed by atoms with Crippen molar-refractivity contribution in [3.8, 4) is 0 Å². The van der Waals surface area contributed by atoms with Gasteiger partial charge in [-0.1, -0.05) is 58.0 Å². The minimum absolute atomic E-state index is 0.0216. The standard InChI is InChI=1S/C30H42BNO6S/c1-18(2)13-27(31-37-26-16-22-15-25(29(22,4)5)30(26,6)38-31)32-28(34)24(19(3)33)17-39(35,36)23-12-11-20-9-7-8-10-21(20)14-23/h7-12,14,18-19,22,24-27,33H,13,15-17H2,1-6H3,(H,32,34)/t19-,22+,24+,25+,26-,27+,30+/m1/s1. The van der Waals surface area contributed by atoms with Gasteiger partial charge in [-0.15, -0.1) is 0 Å². The van der Waals surface area contributed by atoms with Crippen molar-refractivity contribution in [3.05, 3.63) is 42.5 Å². The van der Waals surface area contributed by atoms with Gasteiger partial charge in [-0.2, -0.15) is 0 Å². The second kappa shape index (κ2) is 10.2. The molecule has 6 rings (SSSR count). The number of rotatable bonds is 9. The van der Waals surface area contributed by atoms with Gasteiger partial charge in [-0.3, -0.25) is 4.79 Å². The maximum absolute atomic E-state index is 13.6. The van der Waals surface area contributed by atoms with Crippen molar-refractivity contribution in [2.75, 3.05) is 5.75 Å². The molecule has 2 bridgehead atoms. The Morgan fingerprint density at radius 1 is 1.10 bits per heavy atom. The molecule has 0 spiro atoms. The van der Waals surface area contributed by atoms with Crippen LogP contribution < -0.4 is 5.32 Å². The average Bonchev–Trinajstić information content (AvgIpc) is 3.23. The quantitative estimate of drug-likeness (QED) is 0.445. The third kappa shape index (κ3) is 5.16. The molecule has 2 aromatic carbocycles. The molecule has 0 aromatic heterocycles. The van der Waals surface area contributed by atoms with Crippen LogP contribution in [0.1, 0.15) is 60.8 Å². The third-order valence-corrected chi connectivity index (χ3v) is 11.5. The lowest BCUT2D eigenvalue weighted by atomic mass is 9.43. The van der Waals surface area contributed by atoms with Gasteiger partial charge in [0.25, 0.3) is 0 Å². The lowest BCUT2D eigenvalue weighted by molar-refractivity contribution is -0.199. The Kier molecular flexibility index (Phi) is 7.45. The van der Waals surface area contributed by atoms with E-state index in [0.29, 0.717) is 18.3 Å². The zero-order valence-electron chi connectivity index (χ0n) is 23.9. The van der Waals surface area contributed by atoms with E-state index < -0.39 is 52.2 Å². The lowest BCUT2D eigenvalue weighted by Gasteiger charge is -2.64. The van der Waals surface area contributed by atoms with E-state index in [2.05, 4.69) is 39.9 Å². The summed E-state index contributed by atoms with van der Waals surface area (Å²) in [5, 5.41) is 15.3. The second-order valence-electron chi connectivity index (χ2n) is 13.2. The maximum Gasteiger partial charge on any atom is 0.481 e. The van der Waals surface area contributed by atoms with Crippen LogP contribution in [0.3, 0.4) is 0 Å². The molecule has 3 aliphatic carbocycles. The fourth-order valence-electron chi connectivity index (χ4n) is 7.23. The molecule has 0 unspecified atom stereocenters. The molecule has 39 heavy (non-hydrogen) atoms. The second-order valence-corrected chi connectivity index (χ2v) is 15.3. The van der Waals surface area contributed by atoms with Crippen LogP contribution in [-0.2, 0) is 23.9 Å². The monoisotopic (exact) mass is 555 g/mol. The molecule has 0 radical (unpaired) electrons. The van der Waals surface area contributed by atoms with Crippen LogP contribution in [0.25, 0.3) is 10.8 Å². The molecule has 2 N–H and O–H groups in total. The first-order valence-electron chi connectivity index (χ1n) is 14.3. The summed E-state index contributed by atoms with van der Waals surface area (Å²) in [6.45, 7) is 12.4. The number of aliphatic hydroxyl groups excluding tert-OH is 1. The summed E-state index contributed by atoms with van der Waals surface area (Å²) in [4.78, 5) is 13.7. The van der Waals surface area contributed by atoms with Crippen molar-refractivity contribution >= 4 is 33.6 Å². The molecular weight excluding hydrogens is 513 g/mol. The van der Waals surface area contributed by atoms with Crippen molar-refractivity contribution in [2.24, 2.45) is 29.1 Å². The minimum atomic E-state index is -3.84. The summed E-state index contributed by atoms with van der Waals surface area (Å²) in [6.07, 6.45) is 1.51. The van der Waals surface area contributed by atoms with Gasteiger partial charge in [-0.25, -0.2) is 8.42 Å². The number of carbonyl (C=O) groups is 1. The van der Waals surface area contributed by atoms with E-state index in [-0.39, 0.29) is 22.3 Å². The van der Waals surface area contributed by atoms with Crippen molar-refractivity contribution in [2.45, 2.75) is 89.5 Å². The van der Waals surface area contributed by atoms with Crippen molar-refractivity contribution in [1.29, 1.82) is 0 Å². The first-order valence-corrected chi connectivity index (χ1v) is 15.9. The first-order chi connectivity index (χ1) is 18.2. The highest BCUT2D eigenvalue weighted by molar-refractivity contribution is 7.91. The fourth-order valence-corrected chi connectivity index (χ4v) is 8.91. The van der Waals surface area contributed by atoms with Gasteiger partial charge < -0.3 is 19.7 Å². The van der Waals surface area contributed by atoms with Crippen LogP contribution in [0.15, 0.2) is 47.4 Å². The van der Waals surface area contributed by atoms with Gasteiger partial charge in [0.15, 0.2) is 9.84 Å². The van der Waals surface area contributed by atoms with E-state index in [4.69, 9.17) is 9.31 Å². The number of hydrogen-bond acceptors (Lipinski definition) is 6. The molecule has 1 heterocycles. The maximum atomic E-state index is 13.6. The average molecular weight is 556 g/mol. The number of aliphatic hydroxyl groups is 1. The Bertz CT molecular complexity index is 1340. The van der Waals surface area contributed by atoms with E-state index in [1.807, 2.05) is 24.3 Å². The molecular formula is C30H42BNO6S. The number of amides is 1. The Hall–Kier alpha value is -1.94. The summed E-state index contributed by atoms with van der Waals surface area (Å²) in [5.74, 6) is -1.33. The lowest BCUT2D eigenvalue weighted by Crippen LogP contribution is -2.65. The van der Waals surface area contributed by atoms with Crippen LogP contribution in [0.4, 0.5) is 0 Å².